The van der Waals surface area contributed by atoms with Crippen LogP contribution >= 0.6 is 0 Å². The molecule has 1 spiro atoms. The van der Waals surface area contributed by atoms with Crippen molar-refractivity contribution in [1.29, 1.82) is 0 Å². The first kappa shape index (κ1) is 14.3. The van der Waals surface area contributed by atoms with Gasteiger partial charge in [-0.15, -0.1) is 0 Å². The highest BCUT2D eigenvalue weighted by atomic mass is 16.7. The van der Waals surface area contributed by atoms with Gasteiger partial charge in [0.1, 0.15) is 0 Å². The van der Waals surface area contributed by atoms with Crippen LogP contribution in [0.2, 0.25) is 0 Å². The molecule has 5 nitrogen and oxygen atoms in total. The van der Waals surface area contributed by atoms with E-state index in [2.05, 4.69) is 17.0 Å². The highest BCUT2D eigenvalue weighted by molar-refractivity contribution is 5.49. The zero-order valence-corrected chi connectivity index (χ0v) is 13.3. The topological polar surface area (TPSA) is 40.2 Å². The Hall–Kier alpha value is -1.30. The van der Waals surface area contributed by atoms with E-state index in [4.69, 9.17) is 18.9 Å². The molecule has 3 aliphatic heterocycles. The Balaban J connectivity index is 1.71. The largest absolute Gasteiger partial charge is 0.493 e. The molecule has 0 aliphatic carbocycles. The maximum absolute atomic E-state index is 5.94. The average molecular weight is 305 g/mol. The van der Waals surface area contributed by atoms with Gasteiger partial charge in [-0.1, -0.05) is 0 Å². The van der Waals surface area contributed by atoms with Crippen LogP contribution in [-0.4, -0.2) is 51.2 Å². The van der Waals surface area contributed by atoms with Gasteiger partial charge in [0.2, 0.25) is 0 Å². The zero-order valence-electron chi connectivity index (χ0n) is 13.3. The van der Waals surface area contributed by atoms with E-state index in [-0.39, 0.29) is 5.79 Å². The number of fused-ring (bicyclic) bond motifs is 3. The summed E-state index contributed by atoms with van der Waals surface area (Å²) >= 11 is 0. The maximum atomic E-state index is 5.94. The Kier molecular flexibility index (Phi) is 3.51. The molecule has 4 rings (SSSR count). The summed E-state index contributed by atoms with van der Waals surface area (Å²) < 4.78 is 22.8. The Bertz CT molecular complexity index is 568. The van der Waals surface area contributed by atoms with Crippen molar-refractivity contribution in [2.75, 3.05) is 40.5 Å². The average Bonchev–Trinajstić information content (AvgIpc) is 3.01. The van der Waals surface area contributed by atoms with Gasteiger partial charge in [-0.05, 0) is 29.7 Å². The van der Waals surface area contributed by atoms with E-state index in [9.17, 15) is 0 Å². The number of nitrogens with zero attached hydrogens (tertiary/aromatic N) is 1. The van der Waals surface area contributed by atoms with E-state index in [1.165, 1.54) is 11.1 Å². The minimum atomic E-state index is -0.372. The third-order valence-electron chi connectivity index (χ3n) is 5.21. The summed E-state index contributed by atoms with van der Waals surface area (Å²) in [5.41, 5.74) is 2.69. The van der Waals surface area contributed by atoms with Crippen molar-refractivity contribution in [3.05, 3.63) is 23.3 Å². The van der Waals surface area contributed by atoms with Crippen LogP contribution in [0.15, 0.2) is 12.1 Å². The number of methoxy groups -OCH3 is 2. The first-order valence-electron chi connectivity index (χ1n) is 8.01. The summed E-state index contributed by atoms with van der Waals surface area (Å²) in [4.78, 5) is 2.55. The lowest BCUT2D eigenvalue weighted by Gasteiger charge is -2.46. The highest BCUT2D eigenvalue weighted by Gasteiger charge is 2.46. The second-order valence-corrected chi connectivity index (χ2v) is 6.27. The molecular weight excluding hydrogens is 282 g/mol. The second-order valence-electron chi connectivity index (χ2n) is 6.27. The lowest BCUT2D eigenvalue weighted by Crippen LogP contribution is -2.49. The van der Waals surface area contributed by atoms with E-state index < -0.39 is 0 Å². The number of hydrogen-bond donors (Lipinski definition) is 0. The highest BCUT2D eigenvalue weighted by Crippen LogP contribution is 2.46. The SMILES string of the molecule is COc1cc2c(cc1OC)C1CC3(CCN1CC2)OCCO3. The van der Waals surface area contributed by atoms with Gasteiger partial charge in [0.05, 0.1) is 27.4 Å². The van der Waals surface area contributed by atoms with E-state index >= 15 is 0 Å². The molecule has 1 aromatic rings. The first-order valence-corrected chi connectivity index (χ1v) is 8.01. The Labute approximate surface area is 131 Å². The molecule has 0 saturated carbocycles. The van der Waals surface area contributed by atoms with Crippen molar-refractivity contribution in [2.24, 2.45) is 0 Å². The fraction of sp³-hybridized carbons (Fsp3) is 0.647. The van der Waals surface area contributed by atoms with Crippen molar-refractivity contribution in [3.63, 3.8) is 0 Å². The van der Waals surface area contributed by atoms with Crippen molar-refractivity contribution in [2.45, 2.75) is 31.1 Å². The lowest BCUT2D eigenvalue weighted by molar-refractivity contribution is -0.198. The molecular formula is C17H23NO4. The second kappa shape index (κ2) is 5.41. The Morgan fingerprint density at radius 2 is 1.82 bits per heavy atom. The minimum absolute atomic E-state index is 0.343. The number of ether oxygens (including phenoxy) is 4. The quantitative estimate of drug-likeness (QED) is 0.837. The monoisotopic (exact) mass is 305 g/mol. The molecule has 1 aromatic carbocycles. The third-order valence-corrected chi connectivity index (χ3v) is 5.21. The fourth-order valence-corrected chi connectivity index (χ4v) is 4.06. The number of rotatable bonds is 2. The van der Waals surface area contributed by atoms with Crippen molar-refractivity contribution < 1.29 is 18.9 Å². The molecule has 0 aromatic heterocycles. The molecule has 1 atom stereocenters. The van der Waals surface area contributed by atoms with E-state index in [0.29, 0.717) is 19.3 Å². The van der Waals surface area contributed by atoms with E-state index in [0.717, 1.165) is 43.9 Å². The number of hydrogen-bond acceptors (Lipinski definition) is 5. The molecule has 5 heteroatoms. The van der Waals surface area contributed by atoms with Gasteiger partial charge in [-0.2, -0.15) is 0 Å². The van der Waals surface area contributed by atoms with Gasteiger partial charge in [-0.3, -0.25) is 4.90 Å². The minimum Gasteiger partial charge on any atom is -0.493 e. The van der Waals surface area contributed by atoms with Crippen LogP contribution in [0.3, 0.4) is 0 Å². The molecule has 1 unspecified atom stereocenters. The Morgan fingerprint density at radius 3 is 2.55 bits per heavy atom. The predicted octanol–water partition coefficient (Wildman–Crippen LogP) is 2.14. The van der Waals surface area contributed by atoms with Crippen LogP contribution in [0, 0.1) is 0 Å². The van der Waals surface area contributed by atoms with Crippen LogP contribution < -0.4 is 9.47 Å². The summed E-state index contributed by atoms with van der Waals surface area (Å²) in [6, 6.07) is 4.61. The normalized spacial score (nSPS) is 26.5. The molecule has 3 heterocycles. The summed E-state index contributed by atoms with van der Waals surface area (Å²) in [5.74, 6) is 1.24. The Morgan fingerprint density at radius 1 is 1.09 bits per heavy atom. The number of benzene rings is 1. The predicted molar refractivity (Wildman–Crippen MR) is 81.4 cm³/mol. The van der Waals surface area contributed by atoms with Crippen LogP contribution in [0.25, 0.3) is 0 Å². The standard InChI is InChI=1S/C17H23NO4/c1-19-15-9-12-3-5-18-6-4-17(21-7-8-22-17)11-14(18)13(12)10-16(15)20-2/h9-10,14H,3-8,11H2,1-2H3. The fourth-order valence-electron chi connectivity index (χ4n) is 4.06. The molecule has 0 amide bonds. The third kappa shape index (κ3) is 2.19. The van der Waals surface area contributed by atoms with Crippen molar-refractivity contribution in [1.82, 2.24) is 4.90 Å². The lowest BCUT2D eigenvalue weighted by atomic mass is 9.84. The van der Waals surface area contributed by atoms with Gasteiger partial charge in [-0.25, -0.2) is 0 Å². The van der Waals surface area contributed by atoms with Crippen LogP contribution in [0.5, 0.6) is 11.5 Å². The number of piperidine rings is 1. The summed E-state index contributed by atoms with van der Waals surface area (Å²) in [6.45, 7) is 3.54. The van der Waals surface area contributed by atoms with Crippen LogP contribution in [0.1, 0.15) is 30.0 Å². The molecule has 22 heavy (non-hydrogen) atoms. The van der Waals surface area contributed by atoms with E-state index in [1.54, 1.807) is 14.2 Å². The first-order chi connectivity index (χ1) is 10.7. The van der Waals surface area contributed by atoms with Gasteiger partial charge >= 0.3 is 0 Å². The van der Waals surface area contributed by atoms with Gasteiger partial charge in [0.25, 0.3) is 0 Å². The summed E-state index contributed by atoms with van der Waals surface area (Å²) in [6.07, 6.45) is 2.92. The van der Waals surface area contributed by atoms with E-state index in [1.807, 2.05) is 0 Å². The summed E-state index contributed by atoms with van der Waals surface area (Å²) in [5, 5.41) is 0. The van der Waals surface area contributed by atoms with Gasteiger partial charge in [0.15, 0.2) is 17.3 Å². The molecule has 120 valence electrons. The van der Waals surface area contributed by atoms with Gasteiger partial charge < -0.3 is 18.9 Å². The van der Waals surface area contributed by atoms with Crippen LogP contribution in [-0.2, 0) is 15.9 Å². The molecule has 2 fully saturated rings. The van der Waals surface area contributed by atoms with Crippen molar-refractivity contribution in [3.8, 4) is 11.5 Å². The smallest absolute Gasteiger partial charge is 0.171 e. The molecule has 0 N–H and O–H groups in total. The molecule has 0 bridgehead atoms. The van der Waals surface area contributed by atoms with Crippen molar-refractivity contribution >= 4 is 0 Å². The zero-order chi connectivity index (χ0) is 15.2. The molecule has 3 aliphatic rings. The summed E-state index contributed by atoms with van der Waals surface area (Å²) in [7, 11) is 3.38. The molecule has 2 saturated heterocycles. The molecule has 0 radical (unpaired) electrons. The van der Waals surface area contributed by atoms with Crippen LogP contribution in [0.4, 0.5) is 0 Å². The maximum Gasteiger partial charge on any atom is 0.171 e. The van der Waals surface area contributed by atoms with Gasteiger partial charge in [0, 0.05) is 32.0 Å².